The molecule has 0 aliphatic rings. The van der Waals surface area contributed by atoms with E-state index < -0.39 is 0 Å². The summed E-state index contributed by atoms with van der Waals surface area (Å²) in [6.07, 6.45) is 0.00190. The Bertz CT molecular complexity index is 305. The number of rotatable bonds is 3. The van der Waals surface area contributed by atoms with Crippen LogP contribution < -0.4 is 4.74 Å². The summed E-state index contributed by atoms with van der Waals surface area (Å²) in [5.74, 6) is 1.13. The van der Waals surface area contributed by atoms with Gasteiger partial charge < -0.3 is 4.74 Å². The highest BCUT2D eigenvalue weighted by Crippen LogP contribution is 2.23. The molecule has 1 radical (unpaired) electrons. The molecule has 1 rings (SSSR count). The Kier molecular flexibility index (Phi) is 3.50. The number of hydrogen-bond donors (Lipinski definition) is 0. The highest BCUT2D eigenvalue weighted by Gasteiger charge is 2.08. The quantitative estimate of drug-likeness (QED) is 0.716. The van der Waals surface area contributed by atoms with Gasteiger partial charge in [0.25, 0.3) is 0 Å². The molecule has 0 N–H and O–H groups in total. The first-order valence-electron chi connectivity index (χ1n) is 4.77. The van der Waals surface area contributed by atoms with Crippen LogP contribution in [0.2, 0.25) is 0 Å². The minimum Gasteiger partial charge on any atom is -0.488 e. The Morgan fingerprint density at radius 3 is 2.36 bits per heavy atom. The van der Waals surface area contributed by atoms with Crippen molar-refractivity contribution in [3.8, 4) is 5.75 Å². The van der Waals surface area contributed by atoms with E-state index in [2.05, 4.69) is 0 Å². The fraction of sp³-hybridized carbons (Fsp3) is 0.417. The van der Waals surface area contributed by atoms with Crippen molar-refractivity contribution in [1.82, 2.24) is 0 Å². The van der Waals surface area contributed by atoms with E-state index in [-0.39, 0.29) is 11.9 Å². The molecule has 77 valence electrons. The molecule has 1 nitrogen and oxygen atoms in total. The Labute approximate surface area is 84.9 Å². The summed E-state index contributed by atoms with van der Waals surface area (Å²) in [6, 6.07) is 5.06. The lowest BCUT2D eigenvalue weighted by atomic mass is 10.0. The third-order valence-corrected chi connectivity index (χ3v) is 1.87. The highest BCUT2D eigenvalue weighted by molar-refractivity contribution is 5.35. The molecule has 1 aromatic carbocycles. The summed E-state index contributed by atoms with van der Waals surface area (Å²) >= 11 is 0. The van der Waals surface area contributed by atoms with Gasteiger partial charge in [0.2, 0.25) is 0 Å². The standard InChI is InChI=1S/C12H16FO/c1-8(2)10-5-6-12(11(13)7-10)14-9(3)4/h5-7,9H,1-4H3. The van der Waals surface area contributed by atoms with Crippen LogP contribution in [0.5, 0.6) is 5.75 Å². The van der Waals surface area contributed by atoms with Crippen LogP contribution in [0.1, 0.15) is 33.3 Å². The highest BCUT2D eigenvalue weighted by atomic mass is 19.1. The van der Waals surface area contributed by atoms with Crippen LogP contribution >= 0.6 is 0 Å². The Balaban J connectivity index is 2.90. The van der Waals surface area contributed by atoms with E-state index in [0.717, 1.165) is 11.5 Å². The van der Waals surface area contributed by atoms with Crippen molar-refractivity contribution in [2.45, 2.75) is 33.8 Å². The maximum atomic E-state index is 13.4. The third kappa shape index (κ3) is 2.72. The fourth-order valence-electron chi connectivity index (χ4n) is 1.16. The maximum absolute atomic E-state index is 13.4. The predicted molar refractivity (Wildman–Crippen MR) is 55.9 cm³/mol. The van der Waals surface area contributed by atoms with Crippen LogP contribution in [0, 0.1) is 11.7 Å². The second-order valence-corrected chi connectivity index (χ2v) is 3.81. The van der Waals surface area contributed by atoms with Gasteiger partial charge >= 0.3 is 0 Å². The molecular formula is C12H16FO. The van der Waals surface area contributed by atoms with Crippen molar-refractivity contribution >= 4 is 0 Å². The molecule has 0 aromatic heterocycles. The SMILES string of the molecule is C[C](C)c1ccc(OC(C)C)c(F)c1. The van der Waals surface area contributed by atoms with E-state index >= 15 is 0 Å². The number of hydrogen-bond acceptors (Lipinski definition) is 1. The Morgan fingerprint density at radius 1 is 1.29 bits per heavy atom. The number of ether oxygens (including phenoxy) is 1. The van der Waals surface area contributed by atoms with Crippen LogP contribution in [0.25, 0.3) is 0 Å². The average molecular weight is 195 g/mol. The van der Waals surface area contributed by atoms with E-state index in [1.54, 1.807) is 6.07 Å². The van der Waals surface area contributed by atoms with Crippen LogP contribution in [-0.2, 0) is 0 Å². The van der Waals surface area contributed by atoms with Crippen LogP contribution in [0.15, 0.2) is 18.2 Å². The molecule has 0 saturated carbocycles. The van der Waals surface area contributed by atoms with Gasteiger partial charge in [0.05, 0.1) is 6.10 Å². The number of halogens is 1. The van der Waals surface area contributed by atoms with Crippen LogP contribution in [0.4, 0.5) is 4.39 Å². The third-order valence-electron chi connectivity index (χ3n) is 1.87. The molecule has 0 spiro atoms. The molecule has 2 heteroatoms. The molecular weight excluding hydrogens is 179 g/mol. The molecule has 14 heavy (non-hydrogen) atoms. The van der Waals surface area contributed by atoms with Gasteiger partial charge in [0, 0.05) is 0 Å². The lowest BCUT2D eigenvalue weighted by Crippen LogP contribution is -2.07. The smallest absolute Gasteiger partial charge is 0.165 e. The summed E-state index contributed by atoms with van der Waals surface area (Å²) in [6.45, 7) is 7.67. The van der Waals surface area contributed by atoms with Crippen molar-refractivity contribution in [1.29, 1.82) is 0 Å². The molecule has 0 bridgehead atoms. The first-order chi connectivity index (χ1) is 6.50. The van der Waals surface area contributed by atoms with E-state index in [1.165, 1.54) is 6.07 Å². The van der Waals surface area contributed by atoms with Crippen molar-refractivity contribution in [3.63, 3.8) is 0 Å². The summed E-state index contributed by atoms with van der Waals surface area (Å²) in [5.41, 5.74) is 0.915. The minimum absolute atomic E-state index is 0.00190. The summed E-state index contributed by atoms with van der Waals surface area (Å²) in [4.78, 5) is 0. The zero-order chi connectivity index (χ0) is 10.7. The first kappa shape index (κ1) is 11.0. The largest absolute Gasteiger partial charge is 0.488 e. The molecule has 0 saturated heterocycles. The molecule has 0 heterocycles. The van der Waals surface area contributed by atoms with Gasteiger partial charge in [-0.25, -0.2) is 4.39 Å². The fourth-order valence-corrected chi connectivity index (χ4v) is 1.16. The summed E-state index contributed by atoms with van der Waals surface area (Å²) in [5, 5.41) is 0. The number of benzene rings is 1. The van der Waals surface area contributed by atoms with Gasteiger partial charge in [0.15, 0.2) is 11.6 Å². The van der Waals surface area contributed by atoms with Gasteiger partial charge in [-0.3, -0.25) is 0 Å². The van der Waals surface area contributed by atoms with Crippen molar-refractivity contribution in [2.75, 3.05) is 0 Å². The van der Waals surface area contributed by atoms with Crippen molar-refractivity contribution < 1.29 is 9.13 Å². The summed E-state index contributed by atoms with van der Waals surface area (Å²) < 4.78 is 18.7. The minimum atomic E-state index is -0.294. The molecule has 0 fully saturated rings. The maximum Gasteiger partial charge on any atom is 0.165 e. The molecule has 0 aliphatic carbocycles. The van der Waals surface area contributed by atoms with Crippen LogP contribution in [-0.4, -0.2) is 6.10 Å². The molecule has 0 aliphatic heterocycles. The van der Waals surface area contributed by atoms with E-state index in [1.807, 2.05) is 33.8 Å². The van der Waals surface area contributed by atoms with Gasteiger partial charge in [-0.2, -0.15) is 0 Å². The second kappa shape index (κ2) is 4.45. The van der Waals surface area contributed by atoms with Gasteiger partial charge in [0.1, 0.15) is 0 Å². The first-order valence-corrected chi connectivity index (χ1v) is 4.77. The summed E-state index contributed by atoms with van der Waals surface area (Å²) in [7, 11) is 0. The van der Waals surface area contributed by atoms with E-state index in [9.17, 15) is 4.39 Å². The topological polar surface area (TPSA) is 9.23 Å². The molecule has 1 aromatic rings. The average Bonchev–Trinajstić information content (AvgIpc) is 2.07. The van der Waals surface area contributed by atoms with Gasteiger partial charge in [-0.05, 0) is 37.5 Å². The van der Waals surface area contributed by atoms with Gasteiger partial charge in [-0.1, -0.05) is 19.9 Å². The van der Waals surface area contributed by atoms with E-state index in [0.29, 0.717) is 5.75 Å². The predicted octanol–water partition coefficient (Wildman–Crippen LogP) is 3.58. The Hall–Kier alpha value is -1.05. The molecule has 0 atom stereocenters. The van der Waals surface area contributed by atoms with Crippen LogP contribution in [0.3, 0.4) is 0 Å². The molecule has 0 unspecified atom stereocenters. The van der Waals surface area contributed by atoms with Crippen molar-refractivity contribution in [3.05, 3.63) is 35.5 Å². The van der Waals surface area contributed by atoms with Crippen molar-refractivity contribution in [2.24, 2.45) is 0 Å². The zero-order valence-corrected chi connectivity index (χ0v) is 9.10. The van der Waals surface area contributed by atoms with E-state index in [4.69, 9.17) is 4.74 Å². The zero-order valence-electron chi connectivity index (χ0n) is 9.10. The normalized spacial score (nSPS) is 11.1. The monoisotopic (exact) mass is 195 g/mol. The molecule has 0 amide bonds. The lowest BCUT2D eigenvalue weighted by Gasteiger charge is -2.12. The second-order valence-electron chi connectivity index (χ2n) is 3.81. The Morgan fingerprint density at radius 2 is 1.93 bits per heavy atom. The lowest BCUT2D eigenvalue weighted by molar-refractivity contribution is 0.231. The van der Waals surface area contributed by atoms with Gasteiger partial charge in [-0.15, -0.1) is 0 Å².